The molecule has 1 aliphatic heterocycles. The van der Waals surface area contributed by atoms with Crippen LogP contribution < -0.4 is 4.90 Å². The first-order valence-electron chi connectivity index (χ1n) is 9.53. The highest BCUT2D eigenvalue weighted by Crippen LogP contribution is 2.27. The molecule has 0 spiro atoms. The van der Waals surface area contributed by atoms with Crippen molar-refractivity contribution in [2.75, 3.05) is 31.2 Å². The summed E-state index contributed by atoms with van der Waals surface area (Å²) < 4.78 is 10.7. The van der Waals surface area contributed by atoms with Crippen LogP contribution in [0.1, 0.15) is 21.7 Å². The van der Waals surface area contributed by atoms with Crippen LogP contribution in [0.3, 0.4) is 0 Å². The van der Waals surface area contributed by atoms with Crippen molar-refractivity contribution in [3.63, 3.8) is 0 Å². The Morgan fingerprint density at radius 3 is 2.57 bits per heavy atom. The summed E-state index contributed by atoms with van der Waals surface area (Å²) in [6.07, 6.45) is 0. The fourth-order valence-electron chi connectivity index (χ4n) is 3.34. The van der Waals surface area contributed by atoms with Crippen molar-refractivity contribution in [3.8, 4) is 0 Å². The Labute approximate surface area is 172 Å². The molecule has 0 unspecified atom stereocenters. The largest absolute Gasteiger partial charge is 0.455 e. The van der Waals surface area contributed by atoms with E-state index in [0.717, 1.165) is 11.2 Å². The minimum absolute atomic E-state index is 0.0876. The minimum Gasteiger partial charge on any atom is -0.455 e. The Morgan fingerprint density at radius 2 is 1.87 bits per heavy atom. The van der Waals surface area contributed by atoms with Gasteiger partial charge in [-0.15, -0.1) is 0 Å². The topological polar surface area (TPSA) is 108 Å². The summed E-state index contributed by atoms with van der Waals surface area (Å²) in [6, 6.07) is 11.9. The zero-order valence-electron chi connectivity index (χ0n) is 16.4. The SMILES string of the molecule is Cc1nc2ccccc2nc1COC(=O)c1cc(N2CCOCC2)ccc1[N+](=O)[O-]. The molecule has 0 bridgehead atoms. The molecule has 1 aliphatic rings. The summed E-state index contributed by atoms with van der Waals surface area (Å²) in [7, 11) is 0. The van der Waals surface area contributed by atoms with Crippen LogP contribution in [0.25, 0.3) is 11.0 Å². The smallest absolute Gasteiger partial charge is 0.345 e. The van der Waals surface area contributed by atoms with Gasteiger partial charge in [0, 0.05) is 24.8 Å². The van der Waals surface area contributed by atoms with Gasteiger partial charge in [0.15, 0.2) is 0 Å². The predicted octanol–water partition coefficient (Wildman–Crippen LogP) is 3.04. The Hall–Kier alpha value is -3.59. The number of morpholine rings is 1. The van der Waals surface area contributed by atoms with Crippen LogP contribution in [0.5, 0.6) is 0 Å². The summed E-state index contributed by atoms with van der Waals surface area (Å²) in [6.45, 7) is 4.09. The Kier molecular flexibility index (Phi) is 5.53. The number of para-hydroxylation sites is 2. The van der Waals surface area contributed by atoms with Crippen LogP contribution >= 0.6 is 0 Å². The zero-order chi connectivity index (χ0) is 21.1. The van der Waals surface area contributed by atoms with Crippen LogP contribution in [0.2, 0.25) is 0 Å². The van der Waals surface area contributed by atoms with Gasteiger partial charge in [-0.2, -0.15) is 0 Å². The molecular weight excluding hydrogens is 388 g/mol. The van der Waals surface area contributed by atoms with Gasteiger partial charge in [-0.25, -0.2) is 14.8 Å². The van der Waals surface area contributed by atoms with Crippen LogP contribution in [0.15, 0.2) is 42.5 Å². The van der Waals surface area contributed by atoms with Crippen LogP contribution in [-0.2, 0) is 16.1 Å². The number of hydrogen-bond donors (Lipinski definition) is 0. The van der Waals surface area contributed by atoms with E-state index in [-0.39, 0.29) is 17.9 Å². The van der Waals surface area contributed by atoms with E-state index in [1.54, 1.807) is 13.0 Å². The Bertz CT molecular complexity index is 1110. The van der Waals surface area contributed by atoms with Crippen molar-refractivity contribution >= 4 is 28.4 Å². The average molecular weight is 408 g/mol. The molecule has 1 saturated heterocycles. The monoisotopic (exact) mass is 408 g/mol. The second-order valence-corrected chi connectivity index (χ2v) is 6.88. The number of esters is 1. The molecule has 0 atom stereocenters. The van der Waals surface area contributed by atoms with E-state index in [4.69, 9.17) is 9.47 Å². The molecule has 4 rings (SSSR count). The quantitative estimate of drug-likeness (QED) is 0.360. The molecule has 0 amide bonds. The number of nitrogens with zero attached hydrogens (tertiary/aromatic N) is 4. The molecule has 154 valence electrons. The number of aromatic nitrogens is 2. The summed E-state index contributed by atoms with van der Waals surface area (Å²) in [4.78, 5) is 34.6. The van der Waals surface area contributed by atoms with Gasteiger partial charge in [-0.3, -0.25) is 10.1 Å². The summed E-state index contributed by atoms with van der Waals surface area (Å²) in [5, 5.41) is 11.4. The van der Waals surface area contributed by atoms with Gasteiger partial charge in [0.05, 0.1) is 40.6 Å². The molecule has 9 nitrogen and oxygen atoms in total. The maximum atomic E-state index is 12.7. The number of anilines is 1. The fraction of sp³-hybridized carbons (Fsp3) is 0.286. The molecule has 9 heteroatoms. The van der Waals surface area contributed by atoms with Crippen molar-refractivity contribution in [3.05, 3.63) is 69.5 Å². The lowest BCUT2D eigenvalue weighted by Gasteiger charge is -2.29. The lowest BCUT2D eigenvalue weighted by atomic mass is 10.1. The lowest BCUT2D eigenvalue weighted by Crippen LogP contribution is -2.36. The molecule has 0 N–H and O–H groups in total. The molecule has 1 aromatic heterocycles. The molecule has 0 radical (unpaired) electrons. The molecule has 2 aromatic carbocycles. The number of benzene rings is 2. The highest BCUT2D eigenvalue weighted by molar-refractivity contribution is 5.95. The molecule has 30 heavy (non-hydrogen) atoms. The van der Waals surface area contributed by atoms with Gasteiger partial charge in [-0.1, -0.05) is 12.1 Å². The maximum Gasteiger partial charge on any atom is 0.345 e. The van der Waals surface area contributed by atoms with Crippen LogP contribution in [0, 0.1) is 17.0 Å². The first-order chi connectivity index (χ1) is 14.5. The summed E-state index contributed by atoms with van der Waals surface area (Å²) in [5.41, 5.74) is 2.92. The molecular formula is C21H20N4O5. The van der Waals surface area contributed by atoms with Gasteiger partial charge < -0.3 is 14.4 Å². The highest BCUT2D eigenvalue weighted by atomic mass is 16.6. The molecule has 0 saturated carbocycles. The molecule has 0 aliphatic carbocycles. The van der Waals surface area contributed by atoms with Crippen molar-refractivity contribution in [1.82, 2.24) is 9.97 Å². The van der Waals surface area contributed by atoms with Crippen LogP contribution in [0.4, 0.5) is 11.4 Å². The molecule has 3 aromatic rings. The van der Waals surface area contributed by atoms with E-state index >= 15 is 0 Å². The third-order valence-electron chi connectivity index (χ3n) is 4.96. The van der Waals surface area contributed by atoms with E-state index in [9.17, 15) is 14.9 Å². The number of ether oxygens (including phenoxy) is 2. The number of rotatable bonds is 5. The van der Waals surface area contributed by atoms with E-state index in [1.165, 1.54) is 12.1 Å². The third-order valence-corrected chi connectivity index (χ3v) is 4.96. The van der Waals surface area contributed by atoms with Crippen molar-refractivity contribution in [1.29, 1.82) is 0 Å². The number of aryl methyl sites for hydroxylation is 1. The van der Waals surface area contributed by atoms with Crippen molar-refractivity contribution < 1.29 is 19.2 Å². The number of carbonyl (C=O) groups is 1. The standard InChI is InChI=1S/C21H20N4O5/c1-14-19(23-18-5-3-2-4-17(18)22-14)13-30-21(26)16-12-15(6-7-20(16)25(27)28)24-8-10-29-11-9-24/h2-7,12H,8-11,13H2,1H3. The van der Waals surface area contributed by atoms with Gasteiger partial charge in [0.25, 0.3) is 5.69 Å². The Balaban J connectivity index is 1.57. The van der Waals surface area contributed by atoms with Crippen molar-refractivity contribution in [2.45, 2.75) is 13.5 Å². The number of fused-ring (bicyclic) bond motifs is 1. The van der Waals surface area contributed by atoms with Crippen molar-refractivity contribution in [2.24, 2.45) is 0 Å². The number of carbonyl (C=O) groups excluding carboxylic acids is 1. The first-order valence-corrected chi connectivity index (χ1v) is 9.53. The molecule has 1 fully saturated rings. The summed E-state index contributed by atoms with van der Waals surface area (Å²) >= 11 is 0. The maximum absolute atomic E-state index is 12.7. The third kappa shape index (κ3) is 4.06. The van der Waals surface area contributed by atoms with Crippen LogP contribution in [-0.4, -0.2) is 47.2 Å². The molecule has 2 heterocycles. The lowest BCUT2D eigenvalue weighted by molar-refractivity contribution is -0.385. The first kappa shape index (κ1) is 19.7. The van der Waals surface area contributed by atoms with E-state index in [0.29, 0.717) is 43.2 Å². The zero-order valence-corrected chi connectivity index (χ0v) is 16.4. The summed E-state index contributed by atoms with van der Waals surface area (Å²) in [5.74, 6) is -0.772. The number of hydrogen-bond acceptors (Lipinski definition) is 8. The van der Waals surface area contributed by atoms with Gasteiger partial charge >= 0.3 is 5.97 Å². The second-order valence-electron chi connectivity index (χ2n) is 6.88. The van der Waals surface area contributed by atoms with Gasteiger partial charge in [0.2, 0.25) is 0 Å². The minimum atomic E-state index is -0.772. The van der Waals surface area contributed by atoms with Gasteiger partial charge in [-0.05, 0) is 31.2 Å². The Morgan fingerprint density at radius 1 is 1.17 bits per heavy atom. The average Bonchev–Trinajstić information content (AvgIpc) is 2.77. The highest BCUT2D eigenvalue weighted by Gasteiger charge is 2.24. The van der Waals surface area contributed by atoms with Gasteiger partial charge in [0.1, 0.15) is 12.2 Å². The fourth-order valence-corrected chi connectivity index (χ4v) is 3.34. The number of nitro groups is 1. The normalized spacial score (nSPS) is 14.0. The second kappa shape index (κ2) is 8.42. The number of nitro benzene ring substituents is 1. The van der Waals surface area contributed by atoms with E-state index in [1.807, 2.05) is 29.2 Å². The van der Waals surface area contributed by atoms with E-state index < -0.39 is 10.9 Å². The predicted molar refractivity (Wildman–Crippen MR) is 110 cm³/mol. The van der Waals surface area contributed by atoms with E-state index in [2.05, 4.69) is 9.97 Å².